The first kappa shape index (κ1) is 18.5. The van der Waals surface area contributed by atoms with E-state index in [0.29, 0.717) is 28.3 Å². The number of hydrogen-bond acceptors (Lipinski definition) is 5. The molecule has 0 spiro atoms. The Morgan fingerprint density at radius 1 is 1.35 bits per heavy atom. The predicted octanol–water partition coefficient (Wildman–Crippen LogP) is 4.29. The largest absolute Gasteiger partial charge is 0.495 e. The number of likely N-dealkylation sites (tertiary alicyclic amines) is 1. The Kier molecular flexibility index (Phi) is 5.93. The molecule has 1 saturated heterocycles. The molecule has 3 rings (SSSR count). The van der Waals surface area contributed by atoms with Crippen LogP contribution in [0.2, 0.25) is 5.02 Å². The van der Waals surface area contributed by atoms with Gasteiger partial charge in [-0.1, -0.05) is 18.5 Å². The van der Waals surface area contributed by atoms with E-state index in [1.165, 1.54) is 12.6 Å². The Labute approximate surface area is 158 Å². The van der Waals surface area contributed by atoms with Crippen molar-refractivity contribution in [3.05, 3.63) is 41.3 Å². The van der Waals surface area contributed by atoms with Gasteiger partial charge in [0, 0.05) is 18.3 Å². The number of methoxy groups -OCH3 is 1. The molecule has 1 N–H and O–H groups in total. The summed E-state index contributed by atoms with van der Waals surface area (Å²) in [6, 6.07) is 5.67. The van der Waals surface area contributed by atoms with Crippen LogP contribution >= 0.6 is 11.6 Å². The minimum atomic E-state index is -0.0388. The zero-order chi connectivity index (χ0) is 18.5. The summed E-state index contributed by atoms with van der Waals surface area (Å²) >= 11 is 6.12. The van der Waals surface area contributed by atoms with Crippen LogP contribution in [0.3, 0.4) is 0 Å². The fraction of sp³-hybridized carbons (Fsp3) is 0.421. The highest BCUT2D eigenvalue weighted by atomic mass is 35.5. The number of anilines is 2. The van der Waals surface area contributed by atoms with Crippen molar-refractivity contribution < 1.29 is 9.53 Å². The summed E-state index contributed by atoms with van der Waals surface area (Å²) in [5.41, 5.74) is 1.15. The average Bonchev–Trinajstić information content (AvgIpc) is 2.68. The number of amides is 1. The number of carbonyl (C=O) groups is 1. The molecule has 2 aromatic rings. The maximum atomic E-state index is 12.7. The van der Waals surface area contributed by atoms with Crippen molar-refractivity contribution in [1.29, 1.82) is 0 Å². The van der Waals surface area contributed by atoms with E-state index in [4.69, 9.17) is 16.3 Å². The van der Waals surface area contributed by atoms with E-state index in [1.807, 2.05) is 11.0 Å². The molecule has 1 unspecified atom stereocenters. The second kappa shape index (κ2) is 8.36. The maximum Gasteiger partial charge on any atom is 0.274 e. The third kappa shape index (κ3) is 4.07. The third-order valence-corrected chi connectivity index (χ3v) is 4.95. The van der Waals surface area contributed by atoms with Crippen molar-refractivity contribution in [2.45, 2.75) is 38.6 Å². The van der Waals surface area contributed by atoms with Gasteiger partial charge in [0.05, 0.1) is 24.5 Å². The number of nitrogens with zero attached hydrogens (tertiary/aromatic N) is 3. The zero-order valence-electron chi connectivity index (χ0n) is 15.0. The molecule has 1 amide bonds. The molecule has 1 atom stereocenters. The van der Waals surface area contributed by atoms with Crippen molar-refractivity contribution >= 4 is 29.0 Å². The molecule has 1 fully saturated rings. The average molecular weight is 375 g/mol. The van der Waals surface area contributed by atoms with Gasteiger partial charge in [-0.05, 0) is 43.9 Å². The second-order valence-corrected chi connectivity index (χ2v) is 6.72. The quantitative estimate of drug-likeness (QED) is 0.845. The summed E-state index contributed by atoms with van der Waals surface area (Å²) in [4.78, 5) is 23.3. The minimum Gasteiger partial charge on any atom is -0.495 e. The number of rotatable bonds is 5. The number of halogens is 1. The summed E-state index contributed by atoms with van der Waals surface area (Å²) in [7, 11) is 1.57. The smallest absolute Gasteiger partial charge is 0.274 e. The highest BCUT2D eigenvalue weighted by Gasteiger charge is 2.27. The van der Waals surface area contributed by atoms with Gasteiger partial charge in [-0.2, -0.15) is 0 Å². The SMILES string of the molecule is CCC1CCCCN1C(=O)c1cnc(Nc2ccc(OC)c(Cl)c2)cn1. The number of ether oxygens (including phenoxy) is 1. The van der Waals surface area contributed by atoms with E-state index in [9.17, 15) is 4.79 Å². The van der Waals surface area contributed by atoms with E-state index in [2.05, 4.69) is 22.2 Å². The molecule has 2 heterocycles. The number of hydrogen-bond donors (Lipinski definition) is 1. The summed E-state index contributed by atoms with van der Waals surface area (Å²) in [5.74, 6) is 1.12. The van der Waals surface area contributed by atoms with Crippen molar-refractivity contribution in [3.63, 3.8) is 0 Å². The first-order chi connectivity index (χ1) is 12.6. The number of benzene rings is 1. The van der Waals surface area contributed by atoms with Gasteiger partial charge in [-0.3, -0.25) is 4.79 Å². The molecule has 6 nitrogen and oxygen atoms in total. The van der Waals surface area contributed by atoms with Crippen molar-refractivity contribution in [2.24, 2.45) is 0 Å². The molecule has 0 aliphatic carbocycles. The molecule has 1 aromatic heterocycles. The number of piperidine rings is 1. The van der Waals surface area contributed by atoms with Crippen LogP contribution in [0.15, 0.2) is 30.6 Å². The molecule has 7 heteroatoms. The lowest BCUT2D eigenvalue weighted by atomic mass is 10.00. The number of carbonyl (C=O) groups excluding carboxylic acids is 1. The lowest BCUT2D eigenvalue weighted by Crippen LogP contribution is -2.43. The van der Waals surface area contributed by atoms with Crippen LogP contribution in [0.25, 0.3) is 0 Å². The van der Waals surface area contributed by atoms with Gasteiger partial charge in [0.1, 0.15) is 17.3 Å². The highest BCUT2D eigenvalue weighted by molar-refractivity contribution is 6.32. The highest BCUT2D eigenvalue weighted by Crippen LogP contribution is 2.28. The molecule has 138 valence electrons. The lowest BCUT2D eigenvalue weighted by molar-refractivity contribution is 0.0601. The Morgan fingerprint density at radius 2 is 2.19 bits per heavy atom. The Morgan fingerprint density at radius 3 is 2.85 bits per heavy atom. The van der Waals surface area contributed by atoms with E-state index < -0.39 is 0 Å². The van der Waals surface area contributed by atoms with Crippen molar-refractivity contribution in [1.82, 2.24) is 14.9 Å². The minimum absolute atomic E-state index is 0.0388. The first-order valence-corrected chi connectivity index (χ1v) is 9.23. The fourth-order valence-electron chi connectivity index (χ4n) is 3.23. The van der Waals surface area contributed by atoms with Gasteiger partial charge in [0.25, 0.3) is 5.91 Å². The van der Waals surface area contributed by atoms with Crippen LogP contribution in [-0.4, -0.2) is 40.5 Å². The standard InChI is InChI=1S/C19H23ClN4O2/c1-3-14-6-4-5-9-24(14)19(25)16-11-22-18(12-21-16)23-13-7-8-17(26-2)15(20)10-13/h7-8,10-12,14H,3-6,9H2,1-2H3,(H,22,23). The monoisotopic (exact) mass is 374 g/mol. The Bertz CT molecular complexity index is 767. The van der Waals surface area contributed by atoms with Gasteiger partial charge < -0.3 is 15.0 Å². The van der Waals surface area contributed by atoms with Crippen LogP contribution in [0.5, 0.6) is 5.75 Å². The molecule has 1 aliphatic heterocycles. The van der Waals surface area contributed by atoms with Gasteiger partial charge in [0.2, 0.25) is 0 Å². The summed E-state index contributed by atoms with van der Waals surface area (Å²) in [6.45, 7) is 2.91. The van der Waals surface area contributed by atoms with Gasteiger partial charge in [-0.25, -0.2) is 9.97 Å². The third-order valence-electron chi connectivity index (χ3n) is 4.65. The summed E-state index contributed by atoms with van der Waals surface area (Å²) in [5, 5.41) is 3.63. The topological polar surface area (TPSA) is 67.4 Å². The van der Waals surface area contributed by atoms with Gasteiger partial charge in [-0.15, -0.1) is 0 Å². The molecule has 1 aliphatic rings. The maximum absolute atomic E-state index is 12.7. The van der Waals surface area contributed by atoms with Crippen LogP contribution in [0.1, 0.15) is 43.1 Å². The molecule has 0 radical (unpaired) electrons. The van der Waals surface area contributed by atoms with Crippen LogP contribution < -0.4 is 10.1 Å². The normalized spacial score (nSPS) is 17.0. The van der Waals surface area contributed by atoms with Crippen molar-refractivity contribution in [2.75, 3.05) is 19.0 Å². The molecule has 26 heavy (non-hydrogen) atoms. The summed E-state index contributed by atoms with van der Waals surface area (Å²) < 4.78 is 5.14. The van der Waals surface area contributed by atoms with Crippen LogP contribution in [0, 0.1) is 0 Å². The number of aromatic nitrogens is 2. The van der Waals surface area contributed by atoms with Gasteiger partial charge in [0.15, 0.2) is 0 Å². The predicted molar refractivity (Wildman–Crippen MR) is 102 cm³/mol. The Hall–Kier alpha value is -2.34. The molecular formula is C19H23ClN4O2. The molecule has 0 bridgehead atoms. The lowest BCUT2D eigenvalue weighted by Gasteiger charge is -2.34. The van der Waals surface area contributed by atoms with Crippen molar-refractivity contribution in [3.8, 4) is 5.75 Å². The van der Waals surface area contributed by atoms with Gasteiger partial charge >= 0.3 is 0 Å². The van der Waals surface area contributed by atoms with E-state index >= 15 is 0 Å². The molecular weight excluding hydrogens is 352 g/mol. The zero-order valence-corrected chi connectivity index (χ0v) is 15.8. The van der Waals surface area contributed by atoms with E-state index in [0.717, 1.165) is 31.5 Å². The van der Waals surface area contributed by atoms with Crippen LogP contribution in [0.4, 0.5) is 11.5 Å². The van der Waals surface area contributed by atoms with E-state index in [-0.39, 0.29) is 5.91 Å². The number of nitrogens with one attached hydrogen (secondary N) is 1. The van der Waals surface area contributed by atoms with E-state index in [1.54, 1.807) is 25.4 Å². The Balaban J connectivity index is 1.70. The fourth-order valence-corrected chi connectivity index (χ4v) is 3.49. The molecule has 1 aromatic carbocycles. The van der Waals surface area contributed by atoms with Crippen LogP contribution in [-0.2, 0) is 0 Å². The second-order valence-electron chi connectivity index (χ2n) is 6.32. The molecule has 0 saturated carbocycles. The first-order valence-electron chi connectivity index (χ1n) is 8.86. The summed E-state index contributed by atoms with van der Waals surface area (Å²) in [6.07, 6.45) is 7.35.